The van der Waals surface area contributed by atoms with Crippen LogP contribution in [0.2, 0.25) is 0 Å². The molecule has 2 unspecified atom stereocenters. The zero-order valence-electron chi connectivity index (χ0n) is 26.8. The smallest absolute Gasteiger partial charge is 0.311 e. The van der Waals surface area contributed by atoms with Crippen LogP contribution in [0.3, 0.4) is 0 Å². The molecule has 47 heavy (non-hydrogen) atoms. The van der Waals surface area contributed by atoms with Crippen LogP contribution in [0.1, 0.15) is 68.8 Å². The molecule has 0 saturated heterocycles. The first-order valence-electron chi connectivity index (χ1n) is 15.9. The minimum Gasteiger partial charge on any atom is -0.469 e. The third-order valence-corrected chi connectivity index (χ3v) is 9.60. The number of aromatic nitrogens is 3. The van der Waals surface area contributed by atoms with Crippen molar-refractivity contribution in [3.63, 3.8) is 0 Å². The van der Waals surface area contributed by atoms with Crippen molar-refractivity contribution in [1.82, 2.24) is 30.1 Å². The van der Waals surface area contributed by atoms with Crippen LogP contribution in [0.5, 0.6) is 0 Å². The van der Waals surface area contributed by atoms with Crippen molar-refractivity contribution < 1.29 is 33.5 Å². The molecule has 15 heteroatoms. The lowest BCUT2D eigenvalue weighted by Crippen LogP contribution is -2.65. The SMILES string of the molecule is CCNC(=O)C(=O)CC[C@H](NC(=O)c1cncn1C)C(=O)Nc1cccn(CC(=O)NC23CC4CC(C2)CC(C(=O)OC)(C4)C3)c1=O. The van der Waals surface area contributed by atoms with E-state index in [-0.39, 0.29) is 49.2 Å². The molecule has 4 amide bonds. The highest BCUT2D eigenvalue weighted by Crippen LogP contribution is 2.62. The number of ketones is 1. The molecule has 3 atom stereocenters. The van der Waals surface area contributed by atoms with Gasteiger partial charge in [0.15, 0.2) is 0 Å². The molecule has 0 aromatic carbocycles. The van der Waals surface area contributed by atoms with Crippen LogP contribution in [-0.4, -0.2) is 74.7 Å². The Morgan fingerprint density at radius 3 is 2.47 bits per heavy atom. The van der Waals surface area contributed by atoms with Crippen LogP contribution >= 0.6 is 0 Å². The standard InChI is InChI=1S/C32H41N7O8/c1-4-34-28(44)24(40)8-7-21(35-27(43)23-15-33-18-38(23)2)26(42)36-22-6-5-9-39(29(22)45)16-25(41)37-32-13-19-10-20(14-32)12-31(11-19,17-32)30(46)47-3/h5-6,9,15,18-21H,4,7-8,10-14,16-17H2,1-3H3,(H,34,44)(H,35,43)(H,36,42)(H,37,41)/t19?,20?,21-,31?,32?/m0/s1. The minimum atomic E-state index is -1.29. The quantitative estimate of drug-likeness (QED) is 0.175. The Balaban J connectivity index is 1.27. The first-order valence-corrected chi connectivity index (χ1v) is 15.9. The zero-order valence-corrected chi connectivity index (χ0v) is 26.8. The number of hydrogen-bond donors (Lipinski definition) is 4. The fourth-order valence-electron chi connectivity index (χ4n) is 8.06. The van der Waals surface area contributed by atoms with Gasteiger partial charge in [-0.25, -0.2) is 4.98 Å². The molecular weight excluding hydrogens is 610 g/mol. The number of anilines is 1. The van der Waals surface area contributed by atoms with Crippen LogP contribution in [0, 0.1) is 17.3 Å². The summed E-state index contributed by atoms with van der Waals surface area (Å²) in [5.74, 6) is -2.97. The van der Waals surface area contributed by atoms with Crippen molar-refractivity contribution in [3.8, 4) is 0 Å². The second-order valence-corrected chi connectivity index (χ2v) is 13.1. The Hall–Kier alpha value is -4.82. The number of methoxy groups -OCH3 is 1. The van der Waals surface area contributed by atoms with E-state index in [0.717, 1.165) is 32.1 Å². The number of carbonyl (C=O) groups excluding carboxylic acids is 6. The topological polar surface area (TPSA) is 200 Å². The number of imidazole rings is 1. The lowest BCUT2D eigenvalue weighted by molar-refractivity contribution is -0.173. The number of esters is 1. The van der Waals surface area contributed by atoms with E-state index in [4.69, 9.17) is 4.74 Å². The third kappa shape index (κ3) is 7.13. The van der Waals surface area contributed by atoms with Gasteiger partial charge in [0.2, 0.25) is 17.6 Å². The summed E-state index contributed by atoms with van der Waals surface area (Å²) < 4.78 is 7.78. The monoisotopic (exact) mass is 651 g/mol. The molecular formula is C32H41N7O8. The lowest BCUT2D eigenvalue weighted by Gasteiger charge is -2.60. The first kappa shape index (κ1) is 33.5. The van der Waals surface area contributed by atoms with Crippen LogP contribution in [0.4, 0.5) is 5.69 Å². The van der Waals surface area contributed by atoms with Crippen molar-refractivity contribution in [1.29, 1.82) is 0 Å². The van der Waals surface area contributed by atoms with Crippen LogP contribution in [0.15, 0.2) is 35.6 Å². The third-order valence-electron chi connectivity index (χ3n) is 9.60. The van der Waals surface area contributed by atoms with Gasteiger partial charge in [0.05, 0.1) is 25.0 Å². The van der Waals surface area contributed by atoms with Gasteiger partial charge >= 0.3 is 5.97 Å². The van der Waals surface area contributed by atoms with E-state index >= 15 is 0 Å². The molecule has 15 nitrogen and oxygen atoms in total. The summed E-state index contributed by atoms with van der Waals surface area (Å²) in [4.78, 5) is 94.0. The maximum atomic E-state index is 13.4. The predicted molar refractivity (Wildman–Crippen MR) is 167 cm³/mol. The van der Waals surface area contributed by atoms with E-state index < -0.39 is 46.1 Å². The van der Waals surface area contributed by atoms with E-state index in [1.165, 1.54) is 47.1 Å². The number of nitrogens with zero attached hydrogens (tertiary/aromatic N) is 3. The Labute approximate surface area is 271 Å². The molecule has 4 aliphatic carbocycles. The van der Waals surface area contributed by atoms with Gasteiger partial charge in [-0.3, -0.25) is 33.6 Å². The fraction of sp³-hybridized carbons (Fsp3) is 0.562. The molecule has 4 saturated carbocycles. The van der Waals surface area contributed by atoms with Crippen molar-refractivity contribution >= 4 is 41.1 Å². The van der Waals surface area contributed by atoms with Gasteiger partial charge in [-0.1, -0.05) is 0 Å². The van der Waals surface area contributed by atoms with E-state index in [0.29, 0.717) is 18.3 Å². The second kappa shape index (κ2) is 13.5. The molecule has 4 aliphatic rings. The summed E-state index contributed by atoms with van der Waals surface area (Å²) in [6.07, 6.45) is 8.20. The molecule has 0 radical (unpaired) electrons. The number of ether oxygens (including phenoxy) is 1. The maximum absolute atomic E-state index is 13.4. The van der Waals surface area contributed by atoms with Crippen LogP contribution < -0.4 is 26.8 Å². The van der Waals surface area contributed by atoms with Crippen LogP contribution in [0.25, 0.3) is 0 Å². The Kier molecular flexibility index (Phi) is 9.63. The Morgan fingerprint density at radius 1 is 1.11 bits per heavy atom. The molecule has 2 heterocycles. The summed E-state index contributed by atoms with van der Waals surface area (Å²) >= 11 is 0. The number of Topliss-reactive ketones (excluding diaryl/α,β-unsaturated/α-hetero) is 1. The van der Waals surface area contributed by atoms with Gasteiger partial charge in [-0.05, 0) is 75.8 Å². The molecule has 4 bridgehead atoms. The van der Waals surface area contributed by atoms with Gasteiger partial charge < -0.3 is 35.1 Å². The molecule has 4 N–H and O–H groups in total. The first-order chi connectivity index (χ1) is 22.4. The normalized spacial score (nSPS) is 24.6. The molecule has 6 rings (SSSR count). The largest absolute Gasteiger partial charge is 0.469 e. The lowest BCUT2D eigenvalue weighted by atomic mass is 9.47. The summed E-state index contributed by atoms with van der Waals surface area (Å²) in [7, 11) is 2.99. The van der Waals surface area contributed by atoms with E-state index in [1.807, 2.05) is 0 Å². The number of amides is 4. The average Bonchev–Trinajstić information content (AvgIpc) is 3.45. The summed E-state index contributed by atoms with van der Waals surface area (Å²) in [6.45, 7) is 1.60. The van der Waals surface area contributed by atoms with Crippen molar-refractivity contribution in [2.75, 3.05) is 19.0 Å². The molecule has 2 aromatic rings. The summed E-state index contributed by atoms with van der Waals surface area (Å²) in [5.41, 5.74) is -1.78. The second-order valence-electron chi connectivity index (χ2n) is 13.1. The van der Waals surface area contributed by atoms with Gasteiger partial charge in [0, 0.05) is 31.7 Å². The fourth-order valence-corrected chi connectivity index (χ4v) is 8.06. The van der Waals surface area contributed by atoms with Gasteiger partial charge in [-0.2, -0.15) is 0 Å². The van der Waals surface area contributed by atoms with Gasteiger partial charge in [0.25, 0.3) is 17.4 Å². The van der Waals surface area contributed by atoms with E-state index in [2.05, 4.69) is 26.3 Å². The number of likely N-dealkylation sites (N-methyl/N-ethyl adjacent to an activating group) is 1. The average molecular weight is 652 g/mol. The Bertz CT molecular complexity index is 1630. The zero-order chi connectivity index (χ0) is 33.9. The predicted octanol–water partition coefficient (Wildman–Crippen LogP) is 0.433. The highest BCUT2D eigenvalue weighted by Gasteiger charge is 2.61. The summed E-state index contributed by atoms with van der Waals surface area (Å²) in [6, 6.07) is 1.59. The highest BCUT2D eigenvalue weighted by atomic mass is 16.5. The van der Waals surface area contributed by atoms with Crippen molar-refractivity contribution in [2.24, 2.45) is 24.3 Å². The number of rotatable bonds is 13. The molecule has 2 aromatic heterocycles. The van der Waals surface area contributed by atoms with Crippen molar-refractivity contribution in [2.45, 2.75) is 76.4 Å². The Morgan fingerprint density at radius 2 is 1.83 bits per heavy atom. The number of carbonyl (C=O) groups is 6. The number of pyridine rings is 1. The van der Waals surface area contributed by atoms with Crippen LogP contribution in [-0.2, 0) is 42.3 Å². The van der Waals surface area contributed by atoms with E-state index in [1.54, 1.807) is 14.0 Å². The molecule has 0 aliphatic heterocycles. The van der Waals surface area contributed by atoms with Gasteiger partial charge in [-0.15, -0.1) is 0 Å². The van der Waals surface area contributed by atoms with E-state index in [9.17, 15) is 33.6 Å². The minimum absolute atomic E-state index is 0.139. The summed E-state index contributed by atoms with van der Waals surface area (Å²) in [5, 5.41) is 10.6. The molecule has 252 valence electrons. The number of aryl methyl sites for hydroxylation is 1. The molecule has 4 fully saturated rings. The highest BCUT2D eigenvalue weighted by molar-refractivity contribution is 6.36. The van der Waals surface area contributed by atoms with Gasteiger partial charge in [0.1, 0.15) is 24.0 Å². The van der Waals surface area contributed by atoms with Crippen molar-refractivity contribution in [3.05, 3.63) is 46.9 Å². The number of nitrogens with one attached hydrogen (secondary N) is 4. The maximum Gasteiger partial charge on any atom is 0.311 e. The molecule has 0 spiro atoms. The number of hydrogen-bond acceptors (Lipinski definition) is 9.